The van der Waals surface area contributed by atoms with Crippen molar-refractivity contribution in [3.63, 3.8) is 0 Å². The van der Waals surface area contributed by atoms with E-state index in [4.69, 9.17) is 5.73 Å². The van der Waals surface area contributed by atoms with Crippen LogP contribution in [0.4, 0.5) is 5.69 Å². The Morgan fingerprint density at radius 1 is 1.05 bits per heavy atom. The van der Waals surface area contributed by atoms with Gasteiger partial charge in [-0.2, -0.15) is 0 Å². The number of hydrogen-bond acceptors (Lipinski definition) is 2. The molecular formula is C15H11IN2O. The first-order valence-electron chi connectivity index (χ1n) is 5.83. The zero-order valence-electron chi connectivity index (χ0n) is 10.0. The third-order valence-electron chi connectivity index (χ3n) is 3.08. The highest BCUT2D eigenvalue weighted by molar-refractivity contribution is 14.1. The lowest BCUT2D eigenvalue weighted by molar-refractivity contribution is 0.0965. The van der Waals surface area contributed by atoms with Gasteiger partial charge in [-0.15, -0.1) is 0 Å². The fourth-order valence-corrected chi connectivity index (χ4v) is 2.73. The van der Waals surface area contributed by atoms with Gasteiger partial charge in [-0.25, -0.2) is 0 Å². The number of halogens is 1. The second kappa shape index (κ2) is 4.70. The Morgan fingerprint density at radius 2 is 1.79 bits per heavy atom. The molecule has 0 aliphatic carbocycles. The summed E-state index contributed by atoms with van der Waals surface area (Å²) in [5, 5.41) is 1.00. The van der Waals surface area contributed by atoms with E-state index >= 15 is 0 Å². The number of fused-ring (bicyclic) bond motifs is 1. The van der Waals surface area contributed by atoms with E-state index in [2.05, 4.69) is 22.6 Å². The number of nitrogens with zero attached hydrogens (tertiary/aromatic N) is 1. The van der Waals surface area contributed by atoms with E-state index in [0.29, 0.717) is 5.56 Å². The smallest absolute Gasteiger partial charge is 0.262 e. The molecule has 0 amide bonds. The summed E-state index contributed by atoms with van der Waals surface area (Å²) in [4.78, 5) is 12.4. The zero-order chi connectivity index (χ0) is 13.4. The Balaban J connectivity index is 2.17. The summed E-state index contributed by atoms with van der Waals surface area (Å²) in [7, 11) is 0. The Kier molecular flexibility index (Phi) is 3.02. The van der Waals surface area contributed by atoms with Crippen molar-refractivity contribution in [3.05, 3.63) is 63.9 Å². The second-order valence-corrected chi connectivity index (χ2v) is 5.34. The molecule has 0 aliphatic rings. The van der Waals surface area contributed by atoms with Crippen molar-refractivity contribution < 1.29 is 4.79 Å². The van der Waals surface area contributed by atoms with Crippen molar-refractivity contribution in [1.82, 2.24) is 4.57 Å². The van der Waals surface area contributed by atoms with E-state index in [1.165, 1.54) is 0 Å². The first kappa shape index (κ1) is 12.2. The molecule has 2 aromatic carbocycles. The molecule has 3 rings (SSSR count). The van der Waals surface area contributed by atoms with Crippen molar-refractivity contribution in [2.24, 2.45) is 0 Å². The summed E-state index contributed by atoms with van der Waals surface area (Å²) in [5.41, 5.74) is 8.17. The monoisotopic (exact) mass is 362 g/mol. The highest BCUT2D eigenvalue weighted by Gasteiger charge is 2.13. The van der Waals surface area contributed by atoms with Gasteiger partial charge in [0.1, 0.15) is 0 Å². The SMILES string of the molecule is Nc1ccc2c(ccn2C(=O)c2ccccc2)c1I. The molecule has 0 unspecified atom stereocenters. The summed E-state index contributed by atoms with van der Waals surface area (Å²) >= 11 is 2.20. The number of rotatable bonds is 1. The Hall–Kier alpha value is -1.82. The van der Waals surface area contributed by atoms with Gasteiger partial charge in [0, 0.05) is 26.4 Å². The minimum atomic E-state index is -0.0313. The molecule has 94 valence electrons. The molecule has 3 nitrogen and oxygen atoms in total. The van der Waals surface area contributed by atoms with E-state index in [-0.39, 0.29) is 5.91 Å². The van der Waals surface area contributed by atoms with Crippen molar-refractivity contribution in [1.29, 1.82) is 0 Å². The maximum atomic E-state index is 12.4. The molecule has 0 saturated heterocycles. The van der Waals surface area contributed by atoms with Crippen LogP contribution in [-0.2, 0) is 0 Å². The number of carbonyl (C=O) groups excluding carboxylic acids is 1. The van der Waals surface area contributed by atoms with Gasteiger partial charge in [0.25, 0.3) is 5.91 Å². The summed E-state index contributed by atoms with van der Waals surface area (Å²) in [5.74, 6) is -0.0313. The second-order valence-electron chi connectivity index (χ2n) is 4.26. The third kappa shape index (κ3) is 2.02. The largest absolute Gasteiger partial charge is 0.398 e. The summed E-state index contributed by atoms with van der Waals surface area (Å²) < 4.78 is 2.64. The van der Waals surface area contributed by atoms with Crippen LogP contribution in [-0.4, -0.2) is 10.5 Å². The predicted molar refractivity (Wildman–Crippen MR) is 85.2 cm³/mol. The van der Waals surface area contributed by atoms with Gasteiger partial charge in [-0.1, -0.05) is 18.2 Å². The normalized spacial score (nSPS) is 10.8. The van der Waals surface area contributed by atoms with Crippen LogP contribution in [0.5, 0.6) is 0 Å². The number of hydrogen-bond donors (Lipinski definition) is 1. The molecule has 3 aromatic rings. The Labute approximate surface area is 124 Å². The molecule has 0 atom stereocenters. The molecular weight excluding hydrogens is 351 g/mol. The van der Waals surface area contributed by atoms with E-state index in [0.717, 1.165) is 20.2 Å². The lowest BCUT2D eigenvalue weighted by Crippen LogP contribution is -2.10. The topological polar surface area (TPSA) is 48.0 Å². The third-order valence-corrected chi connectivity index (χ3v) is 4.28. The van der Waals surface area contributed by atoms with Crippen LogP contribution in [0.25, 0.3) is 10.9 Å². The lowest BCUT2D eigenvalue weighted by Gasteiger charge is -2.05. The van der Waals surface area contributed by atoms with Crippen LogP contribution in [0.15, 0.2) is 54.7 Å². The van der Waals surface area contributed by atoms with Gasteiger partial charge >= 0.3 is 0 Å². The molecule has 0 fully saturated rings. The number of benzene rings is 2. The fourth-order valence-electron chi connectivity index (χ4n) is 2.09. The molecule has 0 radical (unpaired) electrons. The first-order chi connectivity index (χ1) is 9.18. The number of nitrogen functional groups attached to an aromatic ring is 1. The Bertz CT molecular complexity index is 762. The quantitative estimate of drug-likeness (QED) is 0.532. The number of aromatic nitrogens is 1. The lowest BCUT2D eigenvalue weighted by atomic mass is 10.2. The van der Waals surface area contributed by atoms with E-state index in [1.54, 1.807) is 10.8 Å². The average Bonchev–Trinajstić information content (AvgIpc) is 2.87. The molecule has 0 bridgehead atoms. The zero-order valence-corrected chi connectivity index (χ0v) is 12.2. The molecule has 2 N–H and O–H groups in total. The number of nitrogens with two attached hydrogens (primary N) is 1. The predicted octanol–water partition coefficient (Wildman–Crippen LogP) is 3.52. The van der Waals surface area contributed by atoms with Crippen LogP contribution in [0.3, 0.4) is 0 Å². The van der Waals surface area contributed by atoms with Gasteiger partial charge < -0.3 is 5.73 Å². The van der Waals surface area contributed by atoms with Gasteiger partial charge in [-0.3, -0.25) is 9.36 Å². The highest BCUT2D eigenvalue weighted by atomic mass is 127. The maximum Gasteiger partial charge on any atom is 0.262 e. The molecule has 4 heteroatoms. The van der Waals surface area contributed by atoms with Crippen molar-refractivity contribution in [3.8, 4) is 0 Å². The highest BCUT2D eigenvalue weighted by Crippen LogP contribution is 2.27. The molecule has 1 heterocycles. The molecule has 1 aromatic heterocycles. The van der Waals surface area contributed by atoms with Gasteiger partial charge in [0.05, 0.1) is 5.52 Å². The molecule has 0 aliphatic heterocycles. The Morgan fingerprint density at radius 3 is 2.53 bits per heavy atom. The van der Waals surface area contributed by atoms with Crippen LogP contribution < -0.4 is 5.73 Å². The van der Waals surface area contributed by atoms with E-state index < -0.39 is 0 Å². The van der Waals surface area contributed by atoms with Crippen LogP contribution in [0.2, 0.25) is 0 Å². The minimum Gasteiger partial charge on any atom is -0.398 e. The van der Waals surface area contributed by atoms with Crippen LogP contribution in [0.1, 0.15) is 10.4 Å². The number of carbonyl (C=O) groups is 1. The van der Waals surface area contributed by atoms with Gasteiger partial charge in [0.2, 0.25) is 0 Å². The minimum absolute atomic E-state index is 0.0313. The van der Waals surface area contributed by atoms with Crippen LogP contribution >= 0.6 is 22.6 Å². The summed E-state index contributed by atoms with van der Waals surface area (Å²) in [6.45, 7) is 0. The summed E-state index contributed by atoms with van der Waals surface area (Å²) in [6.07, 6.45) is 1.79. The standard InChI is InChI=1S/C15H11IN2O/c16-14-11-8-9-18(13(11)7-6-12(14)17)15(19)10-4-2-1-3-5-10/h1-9H,17H2. The van der Waals surface area contributed by atoms with Crippen LogP contribution in [0, 0.1) is 3.57 Å². The van der Waals surface area contributed by atoms with Gasteiger partial charge in [-0.05, 0) is 52.9 Å². The molecule has 0 saturated carbocycles. The first-order valence-corrected chi connectivity index (χ1v) is 6.91. The van der Waals surface area contributed by atoms with Crippen molar-refractivity contribution in [2.45, 2.75) is 0 Å². The molecule has 19 heavy (non-hydrogen) atoms. The van der Waals surface area contributed by atoms with Gasteiger partial charge in [0.15, 0.2) is 0 Å². The average molecular weight is 362 g/mol. The van der Waals surface area contributed by atoms with E-state index in [9.17, 15) is 4.79 Å². The summed E-state index contributed by atoms with van der Waals surface area (Å²) in [6, 6.07) is 14.9. The molecule has 0 spiro atoms. The van der Waals surface area contributed by atoms with Crippen molar-refractivity contribution in [2.75, 3.05) is 5.73 Å². The maximum absolute atomic E-state index is 12.4. The fraction of sp³-hybridized carbons (Fsp3) is 0. The van der Waals surface area contributed by atoms with Crippen molar-refractivity contribution >= 4 is 45.1 Å². The number of anilines is 1. The van der Waals surface area contributed by atoms with E-state index in [1.807, 2.05) is 48.5 Å².